The molecule has 1 aliphatic heterocycles. The lowest BCUT2D eigenvalue weighted by molar-refractivity contribution is -0.142. The van der Waals surface area contributed by atoms with Gasteiger partial charge in [-0.1, -0.05) is 12.1 Å². The Balaban J connectivity index is 1.55. The second-order valence-electron chi connectivity index (χ2n) is 6.46. The van der Waals surface area contributed by atoms with Gasteiger partial charge in [0.2, 0.25) is 5.91 Å². The maximum atomic E-state index is 12.2. The molecule has 6 heteroatoms. The molecule has 2 aromatic carbocycles. The molecule has 1 saturated heterocycles. The average molecular weight is 354 g/mol. The predicted molar refractivity (Wildman–Crippen MR) is 98.6 cm³/mol. The van der Waals surface area contributed by atoms with Gasteiger partial charge < -0.3 is 15.2 Å². The molecule has 3 rings (SSSR count). The molecule has 0 aliphatic carbocycles. The molecule has 0 bridgehead atoms. The highest BCUT2D eigenvalue weighted by molar-refractivity contribution is 5.92. The number of benzene rings is 2. The van der Waals surface area contributed by atoms with Crippen molar-refractivity contribution in [3.63, 3.8) is 0 Å². The van der Waals surface area contributed by atoms with Gasteiger partial charge in [-0.3, -0.25) is 14.5 Å². The molecule has 1 heterocycles. The number of amides is 1. The van der Waals surface area contributed by atoms with Crippen LogP contribution in [0, 0.1) is 6.92 Å². The van der Waals surface area contributed by atoms with E-state index in [-0.39, 0.29) is 12.5 Å². The Hall–Kier alpha value is -2.86. The first-order valence-corrected chi connectivity index (χ1v) is 8.62. The third-order valence-electron chi connectivity index (χ3n) is 4.36. The van der Waals surface area contributed by atoms with Crippen molar-refractivity contribution in [2.24, 2.45) is 0 Å². The van der Waals surface area contributed by atoms with Gasteiger partial charge in [0.25, 0.3) is 0 Å². The number of carbonyl (C=O) groups excluding carboxylic acids is 1. The molecule has 26 heavy (non-hydrogen) atoms. The SMILES string of the molecule is Cc1cccc(Oc2ccc(NC(=O)CN3CCCC3C(=O)O)cc2)c1. The van der Waals surface area contributed by atoms with Gasteiger partial charge in [-0.05, 0) is 68.3 Å². The standard InChI is InChI=1S/C20H22N2O4/c1-14-4-2-5-17(12-14)26-16-9-7-15(8-10-16)21-19(23)13-22-11-3-6-18(22)20(24)25/h2,4-5,7-10,12,18H,3,6,11,13H2,1H3,(H,21,23)(H,24,25). The van der Waals surface area contributed by atoms with Gasteiger partial charge in [-0.25, -0.2) is 0 Å². The van der Waals surface area contributed by atoms with E-state index in [0.29, 0.717) is 24.4 Å². The summed E-state index contributed by atoms with van der Waals surface area (Å²) in [5.74, 6) is 0.355. The largest absolute Gasteiger partial charge is 0.480 e. The van der Waals surface area contributed by atoms with E-state index >= 15 is 0 Å². The molecule has 1 amide bonds. The van der Waals surface area contributed by atoms with Crippen LogP contribution in [-0.2, 0) is 9.59 Å². The summed E-state index contributed by atoms with van der Waals surface area (Å²) in [6.45, 7) is 2.72. The number of ether oxygens (including phenoxy) is 1. The highest BCUT2D eigenvalue weighted by atomic mass is 16.5. The third-order valence-corrected chi connectivity index (χ3v) is 4.36. The van der Waals surface area contributed by atoms with Crippen LogP contribution in [0.4, 0.5) is 5.69 Å². The van der Waals surface area contributed by atoms with Gasteiger partial charge in [-0.2, -0.15) is 0 Å². The quantitative estimate of drug-likeness (QED) is 0.832. The minimum absolute atomic E-state index is 0.0819. The summed E-state index contributed by atoms with van der Waals surface area (Å²) in [5, 5.41) is 12.0. The number of rotatable bonds is 6. The van der Waals surface area contributed by atoms with Crippen molar-refractivity contribution in [3.8, 4) is 11.5 Å². The zero-order chi connectivity index (χ0) is 18.5. The van der Waals surface area contributed by atoms with Crippen molar-refractivity contribution in [2.45, 2.75) is 25.8 Å². The fraction of sp³-hybridized carbons (Fsp3) is 0.300. The first kappa shape index (κ1) is 17.9. The number of carboxylic acids is 1. The molecular formula is C20H22N2O4. The minimum Gasteiger partial charge on any atom is -0.480 e. The van der Waals surface area contributed by atoms with E-state index in [2.05, 4.69) is 5.32 Å². The van der Waals surface area contributed by atoms with Crippen molar-refractivity contribution in [3.05, 3.63) is 54.1 Å². The van der Waals surface area contributed by atoms with Gasteiger partial charge in [-0.15, -0.1) is 0 Å². The Bertz CT molecular complexity index is 789. The summed E-state index contributed by atoms with van der Waals surface area (Å²) >= 11 is 0. The second kappa shape index (κ2) is 8.01. The summed E-state index contributed by atoms with van der Waals surface area (Å²) in [4.78, 5) is 25.0. The zero-order valence-corrected chi connectivity index (χ0v) is 14.6. The lowest BCUT2D eigenvalue weighted by atomic mass is 10.2. The molecule has 2 N–H and O–H groups in total. The summed E-state index contributed by atoms with van der Waals surface area (Å²) in [6, 6.07) is 14.3. The lowest BCUT2D eigenvalue weighted by Gasteiger charge is -2.20. The summed E-state index contributed by atoms with van der Waals surface area (Å²) < 4.78 is 5.78. The maximum absolute atomic E-state index is 12.2. The van der Waals surface area contributed by atoms with Crippen molar-refractivity contribution in [1.82, 2.24) is 4.90 Å². The van der Waals surface area contributed by atoms with Crippen molar-refractivity contribution in [1.29, 1.82) is 0 Å². The number of hydrogen-bond acceptors (Lipinski definition) is 4. The number of nitrogens with zero attached hydrogens (tertiary/aromatic N) is 1. The minimum atomic E-state index is -0.868. The number of likely N-dealkylation sites (tertiary alicyclic amines) is 1. The van der Waals surface area contributed by atoms with Crippen LogP contribution >= 0.6 is 0 Å². The van der Waals surface area contributed by atoms with Crippen LogP contribution < -0.4 is 10.1 Å². The Labute approximate surface area is 152 Å². The van der Waals surface area contributed by atoms with Gasteiger partial charge in [0, 0.05) is 5.69 Å². The number of nitrogens with one attached hydrogen (secondary N) is 1. The number of anilines is 1. The molecule has 6 nitrogen and oxygen atoms in total. The molecule has 0 aromatic heterocycles. The van der Waals surface area contributed by atoms with E-state index < -0.39 is 12.0 Å². The molecule has 1 unspecified atom stereocenters. The zero-order valence-electron chi connectivity index (χ0n) is 14.6. The predicted octanol–water partition coefficient (Wildman–Crippen LogP) is 3.27. The van der Waals surface area contributed by atoms with Gasteiger partial charge in [0.1, 0.15) is 17.5 Å². The summed E-state index contributed by atoms with van der Waals surface area (Å²) in [6.07, 6.45) is 1.39. The van der Waals surface area contributed by atoms with E-state index in [1.807, 2.05) is 31.2 Å². The van der Waals surface area contributed by atoms with Crippen LogP contribution in [0.2, 0.25) is 0 Å². The van der Waals surface area contributed by atoms with Crippen molar-refractivity contribution < 1.29 is 19.4 Å². The van der Waals surface area contributed by atoms with E-state index in [9.17, 15) is 9.59 Å². The van der Waals surface area contributed by atoms with Crippen LogP contribution in [0.3, 0.4) is 0 Å². The van der Waals surface area contributed by atoms with Crippen LogP contribution in [0.1, 0.15) is 18.4 Å². The van der Waals surface area contributed by atoms with Crippen molar-refractivity contribution in [2.75, 3.05) is 18.4 Å². The topological polar surface area (TPSA) is 78.9 Å². The molecule has 1 atom stereocenters. The number of carbonyl (C=O) groups is 2. The smallest absolute Gasteiger partial charge is 0.320 e. The Morgan fingerprint density at radius 1 is 1.19 bits per heavy atom. The van der Waals surface area contributed by atoms with Crippen LogP contribution in [0.25, 0.3) is 0 Å². The van der Waals surface area contributed by atoms with E-state index in [4.69, 9.17) is 9.84 Å². The fourth-order valence-corrected chi connectivity index (χ4v) is 3.10. The molecule has 0 saturated carbocycles. The highest BCUT2D eigenvalue weighted by Gasteiger charge is 2.31. The van der Waals surface area contributed by atoms with Crippen LogP contribution in [-0.4, -0.2) is 41.0 Å². The van der Waals surface area contributed by atoms with Crippen LogP contribution in [0.15, 0.2) is 48.5 Å². The monoisotopic (exact) mass is 354 g/mol. The first-order valence-electron chi connectivity index (χ1n) is 8.62. The molecule has 2 aromatic rings. The highest BCUT2D eigenvalue weighted by Crippen LogP contribution is 2.24. The Kier molecular flexibility index (Phi) is 5.53. The van der Waals surface area contributed by atoms with Crippen molar-refractivity contribution >= 4 is 17.6 Å². The molecular weight excluding hydrogens is 332 g/mol. The molecule has 1 aliphatic rings. The average Bonchev–Trinajstić information content (AvgIpc) is 3.05. The maximum Gasteiger partial charge on any atom is 0.320 e. The third kappa shape index (κ3) is 4.61. The van der Waals surface area contributed by atoms with Crippen LogP contribution in [0.5, 0.6) is 11.5 Å². The number of hydrogen-bond donors (Lipinski definition) is 2. The number of aryl methyl sites for hydroxylation is 1. The van der Waals surface area contributed by atoms with Gasteiger partial charge in [0.15, 0.2) is 0 Å². The molecule has 0 radical (unpaired) electrons. The first-order chi connectivity index (χ1) is 12.5. The van der Waals surface area contributed by atoms with E-state index in [1.54, 1.807) is 29.2 Å². The molecule has 136 valence electrons. The van der Waals surface area contributed by atoms with Gasteiger partial charge >= 0.3 is 5.97 Å². The number of carboxylic acid groups (broad SMARTS) is 1. The number of aliphatic carboxylic acids is 1. The summed E-state index contributed by atoms with van der Waals surface area (Å²) in [5.41, 5.74) is 1.77. The Morgan fingerprint density at radius 3 is 2.65 bits per heavy atom. The normalized spacial score (nSPS) is 17.0. The summed E-state index contributed by atoms with van der Waals surface area (Å²) in [7, 11) is 0. The molecule has 0 spiro atoms. The second-order valence-corrected chi connectivity index (χ2v) is 6.46. The lowest BCUT2D eigenvalue weighted by Crippen LogP contribution is -2.40. The molecule has 1 fully saturated rings. The van der Waals surface area contributed by atoms with Gasteiger partial charge in [0.05, 0.1) is 6.54 Å². The Morgan fingerprint density at radius 2 is 1.96 bits per heavy atom. The van der Waals surface area contributed by atoms with E-state index in [1.165, 1.54) is 0 Å². The fourth-order valence-electron chi connectivity index (χ4n) is 3.10. The van der Waals surface area contributed by atoms with E-state index in [0.717, 1.165) is 17.7 Å².